The number of ether oxygens (including phenoxy) is 1. The highest BCUT2D eigenvalue weighted by Gasteiger charge is 2.24. The molecule has 0 bridgehead atoms. The van der Waals surface area contributed by atoms with Gasteiger partial charge in [0.15, 0.2) is 11.6 Å². The van der Waals surface area contributed by atoms with Crippen LogP contribution < -0.4 is 10.1 Å². The number of hydrogen-bond donors (Lipinski definition) is 2. The summed E-state index contributed by atoms with van der Waals surface area (Å²) in [5, 5.41) is 12.5. The van der Waals surface area contributed by atoms with E-state index >= 15 is 0 Å². The predicted molar refractivity (Wildman–Crippen MR) is 68.3 cm³/mol. The Labute approximate surface area is 107 Å². The van der Waals surface area contributed by atoms with Gasteiger partial charge < -0.3 is 15.2 Å². The Kier molecular flexibility index (Phi) is 4.55. The summed E-state index contributed by atoms with van der Waals surface area (Å²) in [7, 11) is 0. The summed E-state index contributed by atoms with van der Waals surface area (Å²) in [6.45, 7) is 2.22. The molecule has 0 saturated heterocycles. The Hall–Kier alpha value is -1.13. The first-order valence-corrected chi connectivity index (χ1v) is 6.45. The average molecular weight is 253 g/mol. The number of halogens is 1. The minimum Gasteiger partial charge on any atom is -0.490 e. The Morgan fingerprint density at radius 2 is 2.28 bits per heavy atom. The first-order valence-electron chi connectivity index (χ1n) is 6.45. The van der Waals surface area contributed by atoms with Crippen LogP contribution in [0.5, 0.6) is 5.75 Å². The molecule has 1 aliphatic carbocycles. The van der Waals surface area contributed by atoms with Crippen LogP contribution >= 0.6 is 0 Å². The Bertz CT molecular complexity index is 393. The molecule has 1 unspecified atom stereocenters. The minimum absolute atomic E-state index is 0.0466. The second-order valence-electron chi connectivity index (χ2n) is 4.84. The van der Waals surface area contributed by atoms with E-state index in [1.165, 1.54) is 12.8 Å². The third kappa shape index (κ3) is 3.68. The normalized spacial score (nSPS) is 16.6. The molecule has 2 N–H and O–H groups in total. The molecule has 18 heavy (non-hydrogen) atoms. The number of aliphatic hydroxyl groups is 1. The molecule has 100 valence electrons. The molecule has 1 fully saturated rings. The topological polar surface area (TPSA) is 41.5 Å². The van der Waals surface area contributed by atoms with E-state index in [0.29, 0.717) is 24.6 Å². The van der Waals surface area contributed by atoms with Gasteiger partial charge in [-0.3, -0.25) is 0 Å². The highest BCUT2D eigenvalue weighted by Crippen LogP contribution is 2.21. The molecule has 4 heteroatoms. The zero-order valence-electron chi connectivity index (χ0n) is 10.7. The van der Waals surface area contributed by atoms with Crippen molar-refractivity contribution < 1.29 is 14.2 Å². The third-order valence-corrected chi connectivity index (χ3v) is 3.15. The summed E-state index contributed by atoms with van der Waals surface area (Å²) in [6, 6.07) is 5.72. The van der Waals surface area contributed by atoms with Gasteiger partial charge in [0.05, 0.1) is 13.2 Å². The van der Waals surface area contributed by atoms with Crippen molar-refractivity contribution in [1.29, 1.82) is 0 Å². The lowest BCUT2D eigenvalue weighted by molar-refractivity contribution is 0.205. The van der Waals surface area contributed by atoms with Gasteiger partial charge in [-0.1, -0.05) is 12.1 Å². The van der Waals surface area contributed by atoms with E-state index in [2.05, 4.69) is 5.32 Å². The second kappa shape index (κ2) is 6.16. The van der Waals surface area contributed by atoms with Gasteiger partial charge in [-0.15, -0.1) is 0 Å². The van der Waals surface area contributed by atoms with Crippen molar-refractivity contribution >= 4 is 0 Å². The molecule has 0 heterocycles. The van der Waals surface area contributed by atoms with Gasteiger partial charge in [-0.05, 0) is 37.8 Å². The molecule has 1 atom stereocenters. The molecule has 0 aliphatic heterocycles. The standard InChI is InChI=1S/C14H20FNO2/c1-10-3-2-4-13(14(10)15)18-8-7-12(9-17)16-11-5-6-11/h2-4,11-12,16-17H,5-9H2,1H3. The lowest BCUT2D eigenvalue weighted by atomic mass is 10.2. The zero-order valence-corrected chi connectivity index (χ0v) is 10.7. The van der Waals surface area contributed by atoms with Crippen LogP contribution in [-0.4, -0.2) is 30.4 Å². The Morgan fingerprint density at radius 1 is 1.50 bits per heavy atom. The summed E-state index contributed by atoms with van der Waals surface area (Å²) >= 11 is 0. The quantitative estimate of drug-likeness (QED) is 0.781. The van der Waals surface area contributed by atoms with Crippen molar-refractivity contribution in [3.8, 4) is 5.75 Å². The Balaban J connectivity index is 1.77. The van der Waals surface area contributed by atoms with Crippen molar-refractivity contribution in [3.05, 3.63) is 29.6 Å². The van der Waals surface area contributed by atoms with Gasteiger partial charge in [0, 0.05) is 12.1 Å². The highest BCUT2D eigenvalue weighted by atomic mass is 19.1. The van der Waals surface area contributed by atoms with E-state index in [9.17, 15) is 9.50 Å². The molecule has 0 amide bonds. The van der Waals surface area contributed by atoms with Crippen LogP contribution in [0.4, 0.5) is 4.39 Å². The summed E-state index contributed by atoms with van der Waals surface area (Å²) in [5.74, 6) is -0.00804. The van der Waals surface area contributed by atoms with Crippen LogP contribution in [0.3, 0.4) is 0 Å². The molecule has 2 rings (SSSR count). The number of aryl methyl sites for hydroxylation is 1. The van der Waals surface area contributed by atoms with Crippen LogP contribution in [0.1, 0.15) is 24.8 Å². The maximum atomic E-state index is 13.6. The lowest BCUT2D eigenvalue weighted by Crippen LogP contribution is -2.35. The van der Waals surface area contributed by atoms with Crippen LogP contribution in [0.25, 0.3) is 0 Å². The van der Waals surface area contributed by atoms with Crippen molar-refractivity contribution in [3.63, 3.8) is 0 Å². The number of nitrogens with one attached hydrogen (secondary N) is 1. The van der Waals surface area contributed by atoms with Crippen LogP contribution in [0.15, 0.2) is 18.2 Å². The molecule has 1 saturated carbocycles. The molecule has 0 aromatic heterocycles. The smallest absolute Gasteiger partial charge is 0.167 e. The summed E-state index contributed by atoms with van der Waals surface area (Å²) in [5.41, 5.74) is 0.585. The van der Waals surface area contributed by atoms with E-state index in [0.717, 1.165) is 0 Å². The fourth-order valence-corrected chi connectivity index (χ4v) is 1.85. The van der Waals surface area contributed by atoms with Gasteiger partial charge in [0.1, 0.15) is 0 Å². The number of hydrogen-bond acceptors (Lipinski definition) is 3. The fourth-order valence-electron chi connectivity index (χ4n) is 1.85. The highest BCUT2D eigenvalue weighted by molar-refractivity contribution is 5.29. The summed E-state index contributed by atoms with van der Waals surface area (Å²) < 4.78 is 19.1. The molecule has 0 radical (unpaired) electrons. The molecular weight excluding hydrogens is 233 g/mol. The van der Waals surface area contributed by atoms with Gasteiger partial charge in [-0.2, -0.15) is 0 Å². The first-order chi connectivity index (χ1) is 8.70. The largest absolute Gasteiger partial charge is 0.490 e. The summed E-state index contributed by atoms with van der Waals surface area (Å²) in [4.78, 5) is 0. The molecule has 1 aliphatic rings. The monoisotopic (exact) mass is 253 g/mol. The van der Waals surface area contributed by atoms with E-state index < -0.39 is 0 Å². The number of benzene rings is 1. The molecule has 1 aromatic carbocycles. The van der Waals surface area contributed by atoms with Crippen LogP contribution in [0.2, 0.25) is 0 Å². The van der Waals surface area contributed by atoms with Gasteiger partial charge in [-0.25, -0.2) is 4.39 Å². The van der Waals surface area contributed by atoms with Crippen molar-refractivity contribution in [2.75, 3.05) is 13.2 Å². The van der Waals surface area contributed by atoms with Crippen molar-refractivity contribution in [2.45, 2.75) is 38.3 Å². The summed E-state index contributed by atoms with van der Waals surface area (Å²) in [6.07, 6.45) is 3.05. The maximum Gasteiger partial charge on any atom is 0.167 e. The van der Waals surface area contributed by atoms with Crippen molar-refractivity contribution in [1.82, 2.24) is 5.32 Å². The van der Waals surface area contributed by atoms with Gasteiger partial charge in [0.2, 0.25) is 0 Å². The molecule has 3 nitrogen and oxygen atoms in total. The lowest BCUT2D eigenvalue weighted by Gasteiger charge is -2.16. The van der Waals surface area contributed by atoms with Gasteiger partial charge >= 0.3 is 0 Å². The molecular formula is C14H20FNO2. The molecule has 1 aromatic rings. The van der Waals surface area contributed by atoms with E-state index in [4.69, 9.17) is 4.74 Å². The average Bonchev–Trinajstić information content (AvgIpc) is 3.17. The fraction of sp³-hybridized carbons (Fsp3) is 0.571. The third-order valence-electron chi connectivity index (χ3n) is 3.15. The maximum absolute atomic E-state index is 13.6. The number of rotatable bonds is 7. The number of aliphatic hydroxyl groups excluding tert-OH is 1. The van der Waals surface area contributed by atoms with Crippen molar-refractivity contribution in [2.24, 2.45) is 0 Å². The Morgan fingerprint density at radius 3 is 2.94 bits per heavy atom. The van der Waals surface area contributed by atoms with Gasteiger partial charge in [0.25, 0.3) is 0 Å². The van der Waals surface area contributed by atoms with E-state index in [1.807, 2.05) is 0 Å². The first kappa shape index (κ1) is 13.3. The predicted octanol–water partition coefficient (Wildman–Crippen LogP) is 2.02. The zero-order chi connectivity index (χ0) is 13.0. The van der Waals surface area contributed by atoms with Crippen LogP contribution in [-0.2, 0) is 0 Å². The SMILES string of the molecule is Cc1cccc(OCCC(CO)NC2CC2)c1F. The second-order valence-corrected chi connectivity index (χ2v) is 4.84. The van der Waals surface area contributed by atoms with E-state index in [1.54, 1.807) is 25.1 Å². The van der Waals surface area contributed by atoms with Crippen LogP contribution in [0, 0.1) is 12.7 Å². The minimum atomic E-state index is -0.298. The molecule has 0 spiro atoms. The van der Waals surface area contributed by atoms with E-state index in [-0.39, 0.29) is 24.2 Å².